The zero-order chi connectivity index (χ0) is 29.7. The van der Waals surface area contributed by atoms with E-state index in [1.807, 2.05) is 37.3 Å². The number of carbonyl (C=O) groups is 3. The molecule has 0 bridgehead atoms. The van der Waals surface area contributed by atoms with Crippen molar-refractivity contribution in [1.29, 1.82) is 0 Å². The van der Waals surface area contributed by atoms with E-state index in [-0.39, 0.29) is 37.1 Å². The number of rotatable bonds is 13. The molecule has 2 aromatic carbocycles. The minimum Gasteiger partial charge on any atom is -0.507 e. The molecule has 0 spiro atoms. The van der Waals surface area contributed by atoms with Crippen molar-refractivity contribution in [3.05, 3.63) is 58.7 Å². The van der Waals surface area contributed by atoms with E-state index in [0.29, 0.717) is 44.1 Å². The first-order chi connectivity index (χ1) is 19.7. The maximum absolute atomic E-state index is 13.4. The van der Waals surface area contributed by atoms with Gasteiger partial charge in [0.25, 0.3) is 0 Å². The average molecular weight is 564 g/mol. The van der Waals surface area contributed by atoms with Crippen molar-refractivity contribution >= 4 is 34.6 Å². The number of aliphatic hydroxyl groups is 2. The lowest BCUT2D eigenvalue weighted by Crippen LogP contribution is -2.39. The van der Waals surface area contributed by atoms with E-state index < -0.39 is 29.8 Å². The van der Waals surface area contributed by atoms with Gasteiger partial charge in [0.05, 0.1) is 24.5 Å². The molecule has 8 heteroatoms. The number of carbonyl (C=O) groups excluding carboxylic acids is 2. The van der Waals surface area contributed by atoms with Gasteiger partial charge in [0.15, 0.2) is 0 Å². The summed E-state index contributed by atoms with van der Waals surface area (Å²) in [5, 5.41) is 42.5. The minimum absolute atomic E-state index is 0.0601. The monoisotopic (exact) mass is 563 g/mol. The molecule has 220 valence electrons. The molecule has 1 aliphatic heterocycles. The van der Waals surface area contributed by atoms with Crippen LogP contribution in [0.5, 0.6) is 5.75 Å². The molecule has 4 rings (SSSR count). The quantitative estimate of drug-likeness (QED) is 0.152. The van der Waals surface area contributed by atoms with Gasteiger partial charge in [-0.05, 0) is 68.0 Å². The summed E-state index contributed by atoms with van der Waals surface area (Å²) in [6.45, 7) is 3.86. The molecular weight excluding hydrogens is 522 g/mol. The van der Waals surface area contributed by atoms with E-state index >= 15 is 0 Å². The van der Waals surface area contributed by atoms with Crippen LogP contribution in [0, 0.1) is 17.8 Å². The Hall–Kier alpha value is -3.49. The fourth-order valence-corrected chi connectivity index (χ4v) is 6.61. The summed E-state index contributed by atoms with van der Waals surface area (Å²) in [6.07, 6.45) is 5.14. The third-order valence-corrected chi connectivity index (χ3v) is 8.74. The van der Waals surface area contributed by atoms with Gasteiger partial charge in [-0.3, -0.25) is 19.3 Å². The van der Waals surface area contributed by atoms with E-state index in [9.17, 15) is 29.7 Å². The van der Waals surface area contributed by atoms with Gasteiger partial charge < -0.3 is 20.4 Å². The van der Waals surface area contributed by atoms with Crippen LogP contribution < -0.4 is 0 Å². The highest BCUT2D eigenvalue weighted by molar-refractivity contribution is 6.05. The van der Waals surface area contributed by atoms with Crippen molar-refractivity contribution in [2.75, 3.05) is 13.2 Å². The number of nitrogens with zero attached hydrogens (tertiary/aromatic N) is 1. The van der Waals surface area contributed by atoms with E-state index in [1.165, 1.54) is 4.90 Å². The van der Waals surface area contributed by atoms with Gasteiger partial charge in [-0.25, -0.2) is 0 Å². The van der Waals surface area contributed by atoms with Crippen LogP contribution in [-0.2, 0) is 14.4 Å². The van der Waals surface area contributed by atoms with Crippen molar-refractivity contribution in [1.82, 2.24) is 4.90 Å². The number of unbranched alkanes of at least 4 members (excludes halogenated alkanes) is 2. The first-order valence-corrected chi connectivity index (χ1v) is 14.6. The van der Waals surface area contributed by atoms with Crippen molar-refractivity contribution in [3.8, 4) is 5.75 Å². The third kappa shape index (κ3) is 6.54. The summed E-state index contributed by atoms with van der Waals surface area (Å²) in [6, 6.07) is 11.3. The number of likely N-dealkylation sites (tertiary alicyclic amines) is 1. The zero-order valence-electron chi connectivity index (χ0n) is 23.9. The Balaban J connectivity index is 1.46. The molecule has 1 saturated heterocycles. The Morgan fingerprint density at radius 3 is 2.46 bits per heavy atom. The molecule has 41 heavy (non-hydrogen) atoms. The maximum Gasteiger partial charge on any atom is 0.303 e. The van der Waals surface area contributed by atoms with Crippen LogP contribution in [0.2, 0.25) is 0 Å². The summed E-state index contributed by atoms with van der Waals surface area (Å²) in [4.78, 5) is 38.6. The van der Waals surface area contributed by atoms with Crippen LogP contribution >= 0.6 is 0 Å². The number of amides is 2. The highest BCUT2D eigenvalue weighted by Crippen LogP contribution is 2.46. The highest BCUT2D eigenvalue weighted by Gasteiger charge is 2.54. The van der Waals surface area contributed by atoms with E-state index in [2.05, 4.69) is 13.0 Å². The number of hydrogen-bond acceptors (Lipinski definition) is 6. The smallest absolute Gasteiger partial charge is 0.303 e. The number of phenols is 1. The summed E-state index contributed by atoms with van der Waals surface area (Å²) >= 11 is 0. The molecule has 1 heterocycles. The van der Waals surface area contributed by atoms with Crippen LogP contribution in [0.25, 0.3) is 16.8 Å². The number of benzene rings is 2. The Morgan fingerprint density at radius 2 is 1.78 bits per heavy atom. The molecular formula is C33H41NO7. The summed E-state index contributed by atoms with van der Waals surface area (Å²) in [5.74, 6) is -3.01. The number of aromatic hydroxyl groups is 1. The predicted octanol–water partition coefficient (Wildman–Crippen LogP) is 5.05. The van der Waals surface area contributed by atoms with Crippen LogP contribution in [0.4, 0.5) is 0 Å². The lowest BCUT2D eigenvalue weighted by atomic mass is 9.68. The minimum atomic E-state index is -0.863. The molecule has 0 saturated carbocycles. The predicted molar refractivity (Wildman–Crippen MR) is 157 cm³/mol. The lowest BCUT2D eigenvalue weighted by Gasteiger charge is -2.35. The number of fused-ring (bicyclic) bond motifs is 2. The van der Waals surface area contributed by atoms with Crippen molar-refractivity contribution in [2.45, 2.75) is 71.3 Å². The number of aliphatic hydroxyl groups excluding tert-OH is 2. The maximum atomic E-state index is 13.4. The fraction of sp³-hybridized carbons (Fsp3) is 0.485. The second-order valence-corrected chi connectivity index (χ2v) is 11.3. The largest absolute Gasteiger partial charge is 0.507 e. The number of allylic oxidation sites excluding steroid dienone is 2. The molecule has 8 nitrogen and oxygen atoms in total. The van der Waals surface area contributed by atoms with Gasteiger partial charge in [-0.1, -0.05) is 60.9 Å². The molecule has 1 fully saturated rings. The first-order valence-electron chi connectivity index (χ1n) is 14.6. The number of carboxylic acids is 1. The topological polar surface area (TPSA) is 135 Å². The zero-order valence-corrected chi connectivity index (χ0v) is 23.9. The Labute approximate surface area is 241 Å². The van der Waals surface area contributed by atoms with Gasteiger partial charge in [0.1, 0.15) is 5.75 Å². The second-order valence-electron chi connectivity index (χ2n) is 11.3. The molecule has 0 radical (unpaired) electrons. The van der Waals surface area contributed by atoms with E-state index in [4.69, 9.17) is 5.11 Å². The van der Waals surface area contributed by atoms with Gasteiger partial charge in [0, 0.05) is 24.3 Å². The molecule has 4 atom stereocenters. The van der Waals surface area contributed by atoms with Crippen LogP contribution in [0.3, 0.4) is 0 Å². The molecule has 2 aliphatic rings. The number of aliphatic carboxylic acids is 1. The molecule has 2 amide bonds. The van der Waals surface area contributed by atoms with E-state index in [0.717, 1.165) is 33.9 Å². The number of imide groups is 1. The van der Waals surface area contributed by atoms with Crippen LogP contribution in [0.15, 0.2) is 53.1 Å². The van der Waals surface area contributed by atoms with Gasteiger partial charge in [0.2, 0.25) is 11.8 Å². The van der Waals surface area contributed by atoms with Gasteiger partial charge >= 0.3 is 5.97 Å². The normalized spacial score (nSPS) is 22.0. The number of hydrogen-bond donors (Lipinski definition) is 4. The molecule has 4 N–H and O–H groups in total. The summed E-state index contributed by atoms with van der Waals surface area (Å²) < 4.78 is 0. The van der Waals surface area contributed by atoms with Crippen molar-refractivity contribution in [3.63, 3.8) is 0 Å². The number of carboxylic acid groups (broad SMARTS) is 1. The highest BCUT2D eigenvalue weighted by atomic mass is 16.4. The second kappa shape index (κ2) is 13.4. The average Bonchev–Trinajstić information content (AvgIpc) is 3.19. The molecule has 0 unspecified atom stereocenters. The number of phenolic OH excluding ortho intramolecular Hbond substituents is 1. The van der Waals surface area contributed by atoms with E-state index in [1.54, 1.807) is 6.07 Å². The Morgan fingerprint density at radius 1 is 1.05 bits per heavy atom. The van der Waals surface area contributed by atoms with Gasteiger partial charge in [-0.2, -0.15) is 0 Å². The third-order valence-electron chi connectivity index (χ3n) is 8.74. The standard InChI is InChI=1S/C33H41NO7/c1-3-21(18-22-13-15-27(36)24-10-7-6-9-23(22)24)12-14-28(37)30-20(2)17-25-31(26(30)19-35)33(41)34(32(25)40)16-8-4-5-11-29(38)39/h6-7,9-10,13,15,18,25-26,28,31,35-37H,3-5,8,11-12,14,16-17,19H2,1-2H3,(H,38,39)/b21-18+/t25-,26+,28-,31-/m1/s1. The lowest BCUT2D eigenvalue weighted by molar-refractivity contribution is -0.141. The molecule has 1 aliphatic carbocycles. The SMILES string of the molecule is CC/C(=C\c1ccc(O)c2ccccc12)CC[C@@H](O)C1=C(C)C[C@H]2C(=O)N(CCCCCC(=O)O)C(=O)[C@H]2[C@H]1CO. The first kappa shape index (κ1) is 30.5. The molecule has 2 aromatic rings. The van der Waals surface area contributed by atoms with Crippen molar-refractivity contribution < 1.29 is 34.8 Å². The Bertz CT molecular complexity index is 1360. The van der Waals surface area contributed by atoms with Crippen LogP contribution in [-0.4, -0.2) is 62.4 Å². The van der Waals surface area contributed by atoms with Crippen LogP contribution in [0.1, 0.15) is 70.8 Å². The van der Waals surface area contributed by atoms with Gasteiger partial charge in [-0.15, -0.1) is 0 Å². The van der Waals surface area contributed by atoms with Crippen molar-refractivity contribution in [2.24, 2.45) is 17.8 Å². The fourth-order valence-electron chi connectivity index (χ4n) is 6.61. The summed E-state index contributed by atoms with van der Waals surface area (Å²) in [5.41, 5.74) is 3.65. The Kier molecular flexibility index (Phi) is 9.99. The molecule has 0 aromatic heterocycles. The summed E-state index contributed by atoms with van der Waals surface area (Å²) in [7, 11) is 0.